The van der Waals surface area contributed by atoms with Crippen molar-refractivity contribution in [2.45, 2.75) is 78.0 Å². The molecule has 2 aliphatic rings. The fraction of sp³-hybridized carbons (Fsp3) is 0.531. The van der Waals surface area contributed by atoms with Gasteiger partial charge in [-0.3, -0.25) is 9.69 Å². The number of carbonyl (C=O) groups excluding carboxylic acids is 4. The van der Waals surface area contributed by atoms with Crippen molar-refractivity contribution in [1.29, 1.82) is 0 Å². The lowest BCUT2D eigenvalue weighted by Gasteiger charge is -2.35. The van der Waals surface area contributed by atoms with Crippen LogP contribution < -0.4 is 15.5 Å². The zero-order valence-corrected chi connectivity index (χ0v) is 25.7. The van der Waals surface area contributed by atoms with Crippen molar-refractivity contribution >= 4 is 29.9 Å². The van der Waals surface area contributed by atoms with Gasteiger partial charge in [0.05, 0.1) is 6.61 Å². The van der Waals surface area contributed by atoms with Gasteiger partial charge in [0.2, 0.25) is 5.91 Å². The number of nitrogens with one attached hydrogen (secondary N) is 2. The quantitative estimate of drug-likeness (QED) is 0.297. The highest BCUT2D eigenvalue weighted by Crippen LogP contribution is 2.37. The maximum absolute atomic E-state index is 13.4. The maximum Gasteiger partial charge on any atom is 0.416 e. The first-order chi connectivity index (χ1) is 20.9. The standard InChI is InChI=1S/C32H41FN4O7/c1-5-42-29(39)26(36-30(40)43-19-20-8-6-10-24(33)16-20)18-34-28(38)23-14-21(15-23)17-25-12-11-22-9-7-13-37(27(22)35-25)31(41)44-32(2,3)4/h6,8,10-12,16,21,23,26H,5,7,9,13-15,17-19H2,1-4H3,(H,34,38)(H,36,40)/t21-,23-,26?. The lowest BCUT2D eigenvalue weighted by molar-refractivity contribution is -0.145. The van der Waals surface area contributed by atoms with Crippen LogP contribution in [0, 0.1) is 17.7 Å². The van der Waals surface area contributed by atoms with Gasteiger partial charge in [-0.2, -0.15) is 0 Å². The lowest BCUT2D eigenvalue weighted by atomic mass is 9.72. The largest absolute Gasteiger partial charge is 0.464 e. The van der Waals surface area contributed by atoms with Crippen LogP contribution in [0.25, 0.3) is 0 Å². The van der Waals surface area contributed by atoms with E-state index >= 15 is 0 Å². The lowest BCUT2D eigenvalue weighted by Crippen LogP contribution is -2.51. The molecule has 238 valence electrons. The van der Waals surface area contributed by atoms with Gasteiger partial charge in [0, 0.05) is 24.7 Å². The third-order valence-electron chi connectivity index (χ3n) is 7.42. The summed E-state index contributed by atoms with van der Waals surface area (Å²) in [6, 6.07) is 8.46. The Labute approximate surface area is 256 Å². The molecule has 0 saturated heterocycles. The number of hydrogen-bond donors (Lipinski definition) is 2. The van der Waals surface area contributed by atoms with E-state index in [1.807, 2.05) is 32.9 Å². The van der Waals surface area contributed by atoms with E-state index in [-0.39, 0.29) is 37.5 Å². The van der Waals surface area contributed by atoms with E-state index in [1.54, 1.807) is 17.9 Å². The van der Waals surface area contributed by atoms with Crippen LogP contribution in [0.15, 0.2) is 36.4 Å². The van der Waals surface area contributed by atoms with Gasteiger partial charge in [0.25, 0.3) is 0 Å². The summed E-state index contributed by atoms with van der Waals surface area (Å²) in [5.41, 5.74) is 1.71. The van der Waals surface area contributed by atoms with E-state index in [9.17, 15) is 23.6 Å². The Morgan fingerprint density at radius 3 is 2.59 bits per heavy atom. The molecule has 1 aromatic heterocycles. The van der Waals surface area contributed by atoms with Gasteiger partial charge in [-0.1, -0.05) is 18.2 Å². The highest BCUT2D eigenvalue weighted by molar-refractivity contribution is 5.88. The first-order valence-electron chi connectivity index (χ1n) is 15.0. The minimum atomic E-state index is -1.15. The van der Waals surface area contributed by atoms with Gasteiger partial charge >= 0.3 is 18.2 Å². The van der Waals surface area contributed by atoms with Crippen LogP contribution in [0.3, 0.4) is 0 Å². The average Bonchev–Trinajstić information content (AvgIpc) is 2.94. The second-order valence-electron chi connectivity index (χ2n) is 12.2. The Bertz CT molecular complexity index is 1360. The number of ether oxygens (including phenoxy) is 3. The van der Waals surface area contributed by atoms with Crippen molar-refractivity contribution in [2.75, 3.05) is 24.6 Å². The summed E-state index contributed by atoms with van der Waals surface area (Å²) < 4.78 is 29.1. The Balaban J connectivity index is 1.26. The normalized spacial score (nSPS) is 18.2. The van der Waals surface area contributed by atoms with Crippen LogP contribution in [-0.2, 0) is 43.2 Å². The molecule has 1 aliphatic heterocycles. The number of nitrogens with zero attached hydrogens (tertiary/aromatic N) is 2. The summed E-state index contributed by atoms with van der Waals surface area (Å²) >= 11 is 0. The first-order valence-corrected chi connectivity index (χ1v) is 15.0. The summed E-state index contributed by atoms with van der Waals surface area (Å²) in [7, 11) is 0. The monoisotopic (exact) mass is 612 g/mol. The van der Waals surface area contributed by atoms with E-state index in [0.29, 0.717) is 37.2 Å². The molecule has 1 unspecified atom stereocenters. The number of pyridine rings is 1. The van der Waals surface area contributed by atoms with Crippen LogP contribution in [0.4, 0.5) is 19.8 Å². The van der Waals surface area contributed by atoms with Crippen molar-refractivity contribution in [3.8, 4) is 0 Å². The number of aromatic nitrogens is 1. The number of amides is 3. The Hall–Kier alpha value is -4.22. The summed E-state index contributed by atoms with van der Waals surface area (Å²) in [5.74, 6) is -0.740. The van der Waals surface area contributed by atoms with Crippen molar-refractivity contribution in [3.63, 3.8) is 0 Å². The number of aryl methyl sites for hydroxylation is 1. The van der Waals surface area contributed by atoms with Gasteiger partial charge in [0.1, 0.15) is 29.9 Å². The number of anilines is 1. The predicted octanol–water partition coefficient (Wildman–Crippen LogP) is 4.45. The number of alkyl carbamates (subject to hydrolysis) is 1. The Morgan fingerprint density at radius 1 is 1.11 bits per heavy atom. The molecule has 1 aliphatic carbocycles. The number of esters is 1. The van der Waals surface area contributed by atoms with E-state index in [0.717, 1.165) is 24.1 Å². The molecule has 4 rings (SSSR count). The van der Waals surface area contributed by atoms with Gasteiger partial charge in [-0.15, -0.1) is 0 Å². The zero-order valence-electron chi connectivity index (χ0n) is 25.7. The second kappa shape index (κ2) is 14.5. The molecule has 1 saturated carbocycles. The molecule has 11 nitrogen and oxygen atoms in total. The molecule has 3 amide bonds. The second-order valence-corrected chi connectivity index (χ2v) is 12.2. The number of rotatable bonds is 10. The fourth-order valence-corrected chi connectivity index (χ4v) is 5.24. The molecule has 44 heavy (non-hydrogen) atoms. The van der Waals surface area contributed by atoms with Crippen LogP contribution in [0.2, 0.25) is 0 Å². The molecule has 2 heterocycles. The number of fused-ring (bicyclic) bond motifs is 1. The average molecular weight is 613 g/mol. The van der Waals surface area contributed by atoms with E-state index in [2.05, 4.69) is 10.6 Å². The van der Waals surface area contributed by atoms with Crippen molar-refractivity contribution in [1.82, 2.24) is 15.6 Å². The van der Waals surface area contributed by atoms with Gasteiger partial charge in [-0.25, -0.2) is 23.8 Å². The summed E-state index contributed by atoms with van der Waals surface area (Å²) in [4.78, 5) is 56.8. The highest BCUT2D eigenvalue weighted by Gasteiger charge is 2.36. The highest BCUT2D eigenvalue weighted by atomic mass is 19.1. The first kappa shape index (κ1) is 32.7. The Morgan fingerprint density at radius 2 is 1.89 bits per heavy atom. The zero-order chi connectivity index (χ0) is 31.9. The summed E-state index contributed by atoms with van der Waals surface area (Å²) in [5, 5.41) is 5.16. The maximum atomic E-state index is 13.4. The molecular weight excluding hydrogens is 571 g/mol. The van der Waals surface area contributed by atoms with Crippen LogP contribution in [-0.4, -0.2) is 60.4 Å². The Kier molecular flexibility index (Phi) is 10.8. The molecule has 1 aromatic carbocycles. The molecule has 2 aromatic rings. The molecule has 0 radical (unpaired) electrons. The van der Waals surface area contributed by atoms with E-state index in [4.69, 9.17) is 19.2 Å². The van der Waals surface area contributed by atoms with E-state index < -0.39 is 35.6 Å². The van der Waals surface area contributed by atoms with E-state index in [1.165, 1.54) is 18.2 Å². The smallest absolute Gasteiger partial charge is 0.416 e. The number of hydrogen-bond acceptors (Lipinski definition) is 8. The van der Waals surface area contributed by atoms with Crippen molar-refractivity contribution in [3.05, 3.63) is 59.0 Å². The number of carbonyl (C=O) groups is 4. The topological polar surface area (TPSA) is 136 Å². The third-order valence-corrected chi connectivity index (χ3v) is 7.42. The SMILES string of the molecule is CCOC(=O)C(CNC(=O)[C@H]1C[C@H](Cc2ccc3c(n2)N(C(=O)OC(C)(C)C)CCC3)C1)NC(=O)OCc1cccc(F)c1. The van der Waals surface area contributed by atoms with Crippen LogP contribution >= 0.6 is 0 Å². The van der Waals surface area contributed by atoms with Crippen LogP contribution in [0.5, 0.6) is 0 Å². The minimum absolute atomic E-state index is 0.0971. The molecule has 1 atom stereocenters. The van der Waals surface area contributed by atoms with Crippen molar-refractivity contribution in [2.24, 2.45) is 11.8 Å². The molecule has 12 heteroatoms. The van der Waals surface area contributed by atoms with Gasteiger partial charge in [0.15, 0.2) is 0 Å². The predicted molar refractivity (Wildman–Crippen MR) is 159 cm³/mol. The molecule has 0 bridgehead atoms. The van der Waals surface area contributed by atoms with Gasteiger partial charge < -0.3 is 24.8 Å². The summed E-state index contributed by atoms with van der Waals surface area (Å²) in [6.07, 6.45) is 2.35. The third kappa shape index (κ3) is 9.14. The number of benzene rings is 1. The number of halogens is 1. The molecule has 1 fully saturated rings. The fourth-order valence-electron chi connectivity index (χ4n) is 5.24. The molecule has 0 spiro atoms. The molecule has 2 N–H and O–H groups in total. The van der Waals surface area contributed by atoms with Gasteiger partial charge in [-0.05, 0) is 95.0 Å². The summed E-state index contributed by atoms with van der Waals surface area (Å²) in [6.45, 7) is 7.44. The van der Waals surface area contributed by atoms with Crippen molar-refractivity contribution < 1.29 is 37.8 Å². The molecular formula is C32H41FN4O7. The van der Waals surface area contributed by atoms with Crippen LogP contribution in [0.1, 0.15) is 63.8 Å². The minimum Gasteiger partial charge on any atom is -0.464 e.